The number of sulfone groups is 1. The molecule has 8 heteroatoms. The number of amides is 1. The maximum absolute atomic E-state index is 13.2. The number of benzene rings is 2. The Morgan fingerprint density at radius 3 is 2.62 bits per heavy atom. The van der Waals surface area contributed by atoms with Crippen LogP contribution in [0.1, 0.15) is 30.4 Å². The second-order valence-corrected chi connectivity index (χ2v) is 10.4. The van der Waals surface area contributed by atoms with E-state index in [9.17, 15) is 13.2 Å². The standard InChI is InChI=1S/C24H28N4O3S/c25-23(26)18-12-11-17-15-22(24(29)27-19-7-3-1-4-8-19)28(21(17)16-18)13-14-32(30,31)20-9-5-2-6-10-20/h1-3,5-6,9-12,16,19,22H,4,7-8,13-15H2,(H3,25,26)(H,27,29)/t19-,22?/m1/s1. The number of carbonyl (C=O) groups excluding carboxylic acids is 1. The van der Waals surface area contributed by atoms with Gasteiger partial charge in [-0.15, -0.1) is 0 Å². The highest BCUT2D eigenvalue weighted by Gasteiger charge is 2.36. The molecule has 0 radical (unpaired) electrons. The maximum atomic E-state index is 13.2. The number of allylic oxidation sites excluding steroid dienone is 1. The molecule has 1 aliphatic carbocycles. The third kappa shape index (κ3) is 4.70. The molecule has 2 aromatic rings. The Kier molecular flexibility index (Phi) is 6.32. The first-order chi connectivity index (χ1) is 15.3. The number of nitrogen functional groups attached to an aromatic ring is 1. The van der Waals surface area contributed by atoms with Crippen LogP contribution < -0.4 is 16.0 Å². The summed E-state index contributed by atoms with van der Waals surface area (Å²) < 4.78 is 25.8. The van der Waals surface area contributed by atoms with Crippen molar-refractivity contribution < 1.29 is 13.2 Å². The van der Waals surface area contributed by atoms with Gasteiger partial charge in [-0.1, -0.05) is 42.5 Å². The van der Waals surface area contributed by atoms with E-state index in [0.717, 1.165) is 30.5 Å². The van der Waals surface area contributed by atoms with Gasteiger partial charge < -0.3 is 16.0 Å². The maximum Gasteiger partial charge on any atom is 0.243 e. The molecule has 1 heterocycles. The summed E-state index contributed by atoms with van der Waals surface area (Å²) >= 11 is 0. The summed E-state index contributed by atoms with van der Waals surface area (Å²) in [5, 5.41) is 10.9. The summed E-state index contributed by atoms with van der Waals surface area (Å²) in [4.78, 5) is 15.3. The van der Waals surface area contributed by atoms with Gasteiger partial charge in [0.2, 0.25) is 5.91 Å². The highest BCUT2D eigenvalue weighted by molar-refractivity contribution is 7.91. The van der Waals surface area contributed by atoms with E-state index in [0.29, 0.717) is 12.0 Å². The Hall–Kier alpha value is -3.13. The second-order valence-electron chi connectivity index (χ2n) is 8.29. The molecule has 2 aromatic carbocycles. The molecule has 0 bridgehead atoms. The molecule has 168 valence electrons. The summed E-state index contributed by atoms with van der Waals surface area (Å²) in [6, 6.07) is 13.4. The monoisotopic (exact) mass is 452 g/mol. The molecule has 4 N–H and O–H groups in total. The van der Waals surface area contributed by atoms with Crippen molar-refractivity contribution in [1.29, 1.82) is 5.41 Å². The molecule has 7 nitrogen and oxygen atoms in total. The first-order valence-electron chi connectivity index (χ1n) is 10.8. The molecule has 4 rings (SSSR count). The summed E-state index contributed by atoms with van der Waals surface area (Å²) in [7, 11) is -3.50. The SMILES string of the molecule is N=C(N)c1ccc2c(c1)N(CCS(=O)(=O)c1ccccc1)C(C(=O)N[C@@H]1CC=CCC1)C2. The minimum atomic E-state index is -3.50. The lowest BCUT2D eigenvalue weighted by molar-refractivity contribution is -0.123. The van der Waals surface area contributed by atoms with Crippen LogP contribution in [0.3, 0.4) is 0 Å². The van der Waals surface area contributed by atoms with Crippen LogP contribution in [0, 0.1) is 5.41 Å². The Labute approximate surface area is 188 Å². The fraction of sp³-hybridized carbons (Fsp3) is 0.333. The summed E-state index contributed by atoms with van der Waals surface area (Å²) in [5.41, 5.74) is 7.95. The third-order valence-corrected chi connectivity index (χ3v) is 7.83. The van der Waals surface area contributed by atoms with Crippen LogP contribution in [0.2, 0.25) is 0 Å². The van der Waals surface area contributed by atoms with Gasteiger partial charge >= 0.3 is 0 Å². The molecule has 0 fully saturated rings. The van der Waals surface area contributed by atoms with Crippen molar-refractivity contribution in [1.82, 2.24) is 5.32 Å². The first-order valence-corrected chi connectivity index (χ1v) is 12.5. The van der Waals surface area contributed by atoms with Gasteiger partial charge in [0, 0.05) is 30.3 Å². The fourth-order valence-corrected chi connectivity index (χ4v) is 5.60. The van der Waals surface area contributed by atoms with Crippen LogP contribution in [0.5, 0.6) is 0 Å². The zero-order valence-electron chi connectivity index (χ0n) is 17.8. The number of fused-ring (bicyclic) bond motifs is 1. The van der Waals surface area contributed by atoms with Gasteiger partial charge in [0.25, 0.3) is 0 Å². The zero-order chi connectivity index (χ0) is 22.7. The molecule has 1 aliphatic heterocycles. The Bertz CT molecular complexity index is 1150. The number of nitrogens with one attached hydrogen (secondary N) is 2. The number of hydrogen-bond acceptors (Lipinski definition) is 5. The van der Waals surface area contributed by atoms with Crippen LogP contribution in [-0.2, 0) is 21.1 Å². The quantitative estimate of drug-likeness (QED) is 0.339. The minimum absolute atomic E-state index is 0.0634. The van der Waals surface area contributed by atoms with Crippen LogP contribution in [0.4, 0.5) is 5.69 Å². The normalized spacial score (nSPS) is 20.1. The lowest BCUT2D eigenvalue weighted by Gasteiger charge is -2.29. The van der Waals surface area contributed by atoms with Crippen LogP contribution >= 0.6 is 0 Å². The summed E-state index contributed by atoms with van der Waals surface area (Å²) in [6.07, 6.45) is 7.35. The van der Waals surface area contributed by atoms with Crippen LogP contribution in [0.25, 0.3) is 0 Å². The second kappa shape index (κ2) is 9.16. The topological polar surface area (TPSA) is 116 Å². The number of carbonyl (C=O) groups is 1. The van der Waals surface area contributed by atoms with E-state index < -0.39 is 15.9 Å². The third-order valence-electron chi connectivity index (χ3n) is 6.12. The zero-order valence-corrected chi connectivity index (χ0v) is 18.6. The van der Waals surface area contributed by atoms with Crippen LogP contribution in [-0.4, -0.2) is 44.5 Å². The molecule has 0 saturated carbocycles. The predicted octanol–water partition coefficient (Wildman–Crippen LogP) is 2.40. The first kappa shape index (κ1) is 22.1. The number of amidine groups is 1. The minimum Gasteiger partial charge on any atom is -0.384 e. The lowest BCUT2D eigenvalue weighted by Crippen LogP contribution is -2.49. The molecule has 2 atom stereocenters. The molecule has 2 aliphatic rings. The largest absolute Gasteiger partial charge is 0.384 e. The van der Waals surface area contributed by atoms with Crippen molar-refractivity contribution in [2.24, 2.45) is 5.73 Å². The highest BCUT2D eigenvalue weighted by atomic mass is 32.2. The van der Waals surface area contributed by atoms with Gasteiger partial charge in [-0.05, 0) is 43.0 Å². The Morgan fingerprint density at radius 1 is 1.16 bits per heavy atom. The van der Waals surface area contributed by atoms with Crippen molar-refractivity contribution in [2.45, 2.75) is 42.7 Å². The van der Waals surface area contributed by atoms with Crippen molar-refractivity contribution in [2.75, 3.05) is 17.2 Å². The van der Waals surface area contributed by atoms with Crippen LogP contribution in [0.15, 0.2) is 65.6 Å². The average Bonchev–Trinajstić information content (AvgIpc) is 3.17. The van der Waals surface area contributed by atoms with Crippen molar-refractivity contribution in [3.05, 3.63) is 71.8 Å². The van der Waals surface area contributed by atoms with E-state index in [1.54, 1.807) is 42.5 Å². The molecule has 32 heavy (non-hydrogen) atoms. The van der Waals surface area contributed by atoms with E-state index in [-0.39, 0.29) is 35.0 Å². The van der Waals surface area contributed by atoms with Gasteiger partial charge in [0.05, 0.1) is 10.6 Å². The molecule has 0 aromatic heterocycles. The van der Waals surface area contributed by atoms with Crippen molar-refractivity contribution in [3.8, 4) is 0 Å². The van der Waals surface area contributed by atoms with E-state index in [1.165, 1.54) is 0 Å². The number of hydrogen-bond donors (Lipinski definition) is 3. The number of anilines is 1. The highest BCUT2D eigenvalue weighted by Crippen LogP contribution is 2.33. The van der Waals surface area contributed by atoms with E-state index in [4.69, 9.17) is 11.1 Å². The lowest BCUT2D eigenvalue weighted by atomic mass is 10.0. The number of nitrogens with two attached hydrogens (primary N) is 1. The van der Waals surface area contributed by atoms with Gasteiger partial charge in [0.15, 0.2) is 9.84 Å². The van der Waals surface area contributed by atoms with E-state index in [1.807, 2.05) is 11.0 Å². The number of rotatable bonds is 7. The van der Waals surface area contributed by atoms with E-state index in [2.05, 4.69) is 17.5 Å². The predicted molar refractivity (Wildman–Crippen MR) is 126 cm³/mol. The Morgan fingerprint density at radius 2 is 1.94 bits per heavy atom. The average molecular weight is 453 g/mol. The van der Waals surface area contributed by atoms with Crippen molar-refractivity contribution >= 4 is 27.3 Å². The molecular formula is C24H28N4O3S. The van der Waals surface area contributed by atoms with Gasteiger partial charge in [0.1, 0.15) is 11.9 Å². The van der Waals surface area contributed by atoms with E-state index >= 15 is 0 Å². The summed E-state index contributed by atoms with van der Waals surface area (Å²) in [6.45, 7) is 0.175. The molecule has 1 unspecified atom stereocenters. The molecule has 1 amide bonds. The molecule has 0 spiro atoms. The molecular weight excluding hydrogens is 424 g/mol. The molecule has 0 saturated heterocycles. The van der Waals surface area contributed by atoms with Gasteiger partial charge in [-0.3, -0.25) is 10.2 Å². The van der Waals surface area contributed by atoms with Gasteiger partial charge in [-0.25, -0.2) is 8.42 Å². The smallest absolute Gasteiger partial charge is 0.243 e. The Balaban J connectivity index is 1.58. The number of nitrogens with zero attached hydrogens (tertiary/aromatic N) is 1. The van der Waals surface area contributed by atoms with Crippen molar-refractivity contribution in [3.63, 3.8) is 0 Å². The summed E-state index contributed by atoms with van der Waals surface area (Å²) in [5.74, 6) is -0.272. The fourth-order valence-electron chi connectivity index (χ4n) is 4.35. The van der Waals surface area contributed by atoms with Gasteiger partial charge in [-0.2, -0.15) is 0 Å².